The number of carbonyl (C=O) groups is 1. The number of amides is 1. The predicted molar refractivity (Wildman–Crippen MR) is 73.9 cm³/mol. The molecule has 1 amide bonds. The molecule has 5 heteroatoms. The molecule has 0 aliphatic heterocycles. The summed E-state index contributed by atoms with van der Waals surface area (Å²) in [5.74, 6) is -0.181. The molecule has 18 heavy (non-hydrogen) atoms. The summed E-state index contributed by atoms with van der Waals surface area (Å²) in [6.45, 7) is 1.39. The molecule has 1 aromatic carbocycles. The topological polar surface area (TPSA) is 64.3 Å². The molecule has 0 aliphatic carbocycles. The van der Waals surface area contributed by atoms with Crippen molar-refractivity contribution in [3.8, 4) is 0 Å². The van der Waals surface area contributed by atoms with Crippen LogP contribution in [0.3, 0.4) is 0 Å². The number of halogens is 1. The van der Waals surface area contributed by atoms with Crippen LogP contribution in [0, 0.1) is 0 Å². The van der Waals surface area contributed by atoms with Crippen molar-refractivity contribution in [3.63, 3.8) is 0 Å². The van der Waals surface area contributed by atoms with E-state index >= 15 is 0 Å². The third-order valence-corrected chi connectivity index (χ3v) is 3.01. The number of nitrogens with one attached hydrogen (secondary N) is 1. The van der Waals surface area contributed by atoms with E-state index in [0.29, 0.717) is 22.8 Å². The lowest BCUT2D eigenvalue weighted by Crippen LogP contribution is -2.24. The largest absolute Gasteiger partial charge is 0.398 e. The lowest BCUT2D eigenvalue weighted by Gasteiger charge is -2.08. The first-order chi connectivity index (χ1) is 8.66. The molecule has 0 aliphatic rings. The molecule has 100 valence electrons. The fraction of sp³-hybridized carbons (Fsp3) is 0.462. The number of nitrogen functional groups attached to an aromatic ring is 1. The summed E-state index contributed by atoms with van der Waals surface area (Å²) < 4.78 is 4.95. The Hall–Kier alpha value is -1.26. The van der Waals surface area contributed by atoms with Crippen LogP contribution in [-0.2, 0) is 4.74 Å². The summed E-state index contributed by atoms with van der Waals surface area (Å²) in [6.07, 6.45) is 2.96. The van der Waals surface area contributed by atoms with Gasteiger partial charge in [0.2, 0.25) is 0 Å². The van der Waals surface area contributed by atoms with Gasteiger partial charge in [-0.2, -0.15) is 0 Å². The number of ether oxygens (including phenoxy) is 1. The fourth-order valence-electron chi connectivity index (χ4n) is 1.57. The number of unbranched alkanes of at least 4 members (excludes halogenated alkanes) is 2. The number of anilines is 1. The first-order valence-corrected chi connectivity index (χ1v) is 6.35. The molecule has 0 spiro atoms. The quantitative estimate of drug-likeness (QED) is 0.591. The van der Waals surface area contributed by atoms with Crippen molar-refractivity contribution in [2.75, 3.05) is 26.0 Å². The van der Waals surface area contributed by atoms with Crippen molar-refractivity contribution in [3.05, 3.63) is 28.8 Å². The smallest absolute Gasteiger partial charge is 0.252 e. The van der Waals surface area contributed by atoms with Gasteiger partial charge >= 0.3 is 0 Å². The molecule has 0 aromatic heterocycles. The minimum atomic E-state index is -0.181. The van der Waals surface area contributed by atoms with Crippen LogP contribution in [0.5, 0.6) is 0 Å². The van der Waals surface area contributed by atoms with Crippen molar-refractivity contribution >= 4 is 23.2 Å². The molecular formula is C13H19ClN2O2. The average molecular weight is 271 g/mol. The van der Waals surface area contributed by atoms with E-state index in [1.807, 2.05) is 0 Å². The second-order valence-corrected chi connectivity index (χ2v) is 4.40. The van der Waals surface area contributed by atoms with E-state index in [2.05, 4.69) is 5.32 Å². The van der Waals surface area contributed by atoms with Gasteiger partial charge in [0.25, 0.3) is 5.91 Å². The van der Waals surface area contributed by atoms with Gasteiger partial charge in [0.15, 0.2) is 0 Å². The second-order valence-electron chi connectivity index (χ2n) is 4.02. The zero-order chi connectivity index (χ0) is 13.4. The Morgan fingerprint density at radius 1 is 1.39 bits per heavy atom. The van der Waals surface area contributed by atoms with Crippen molar-refractivity contribution in [2.45, 2.75) is 19.3 Å². The van der Waals surface area contributed by atoms with E-state index in [1.165, 1.54) is 0 Å². The zero-order valence-corrected chi connectivity index (χ0v) is 11.3. The maximum atomic E-state index is 11.8. The fourth-order valence-corrected chi connectivity index (χ4v) is 1.78. The van der Waals surface area contributed by atoms with Crippen LogP contribution in [0.1, 0.15) is 29.6 Å². The number of rotatable bonds is 7. The molecule has 0 fully saturated rings. The molecule has 1 aromatic rings. The Morgan fingerprint density at radius 3 is 2.89 bits per heavy atom. The summed E-state index contributed by atoms with van der Waals surface area (Å²) in [6, 6.07) is 5.05. The van der Waals surface area contributed by atoms with Gasteiger partial charge in [0, 0.05) is 20.3 Å². The van der Waals surface area contributed by atoms with Gasteiger partial charge in [-0.3, -0.25) is 4.79 Å². The molecule has 1 rings (SSSR count). The number of nitrogens with two attached hydrogens (primary N) is 1. The molecule has 0 heterocycles. The van der Waals surface area contributed by atoms with Crippen LogP contribution in [0.2, 0.25) is 5.02 Å². The highest BCUT2D eigenvalue weighted by molar-refractivity contribution is 6.36. The Labute approximate surface area is 112 Å². The van der Waals surface area contributed by atoms with Crippen LogP contribution >= 0.6 is 11.6 Å². The second kappa shape index (κ2) is 7.95. The minimum Gasteiger partial charge on any atom is -0.398 e. The van der Waals surface area contributed by atoms with E-state index < -0.39 is 0 Å². The lowest BCUT2D eigenvalue weighted by atomic mass is 10.2. The maximum absolute atomic E-state index is 11.8. The SMILES string of the molecule is COCCCCCNC(=O)c1cccc(N)c1Cl. The molecule has 0 saturated carbocycles. The Bertz CT molecular complexity index is 397. The van der Waals surface area contributed by atoms with Crippen LogP contribution in [0.15, 0.2) is 18.2 Å². The molecule has 3 N–H and O–H groups in total. The molecule has 0 bridgehead atoms. The van der Waals surface area contributed by atoms with Crippen molar-refractivity contribution in [2.24, 2.45) is 0 Å². The molecular weight excluding hydrogens is 252 g/mol. The number of carbonyl (C=O) groups excluding carboxylic acids is 1. The maximum Gasteiger partial charge on any atom is 0.252 e. The number of benzene rings is 1. The normalized spacial score (nSPS) is 10.3. The first-order valence-electron chi connectivity index (χ1n) is 5.98. The van der Waals surface area contributed by atoms with Crippen molar-refractivity contribution in [1.29, 1.82) is 0 Å². The van der Waals surface area contributed by atoms with Crippen LogP contribution in [-0.4, -0.2) is 26.2 Å². The molecule has 0 atom stereocenters. The summed E-state index contributed by atoms with van der Waals surface area (Å²) in [7, 11) is 1.68. The molecule has 0 radical (unpaired) electrons. The van der Waals surface area contributed by atoms with Crippen LogP contribution in [0.4, 0.5) is 5.69 Å². The van der Waals surface area contributed by atoms with Crippen molar-refractivity contribution in [1.82, 2.24) is 5.32 Å². The standard InChI is InChI=1S/C13H19ClN2O2/c1-18-9-4-2-3-8-16-13(17)10-6-5-7-11(15)12(10)14/h5-7H,2-4,8-9,15H2,1H3,(H,16,17). The van der Waals surface area contributed by atoms with Crippen LogP contribution in [0.25, 0.3) is 0 Å². The average Bonchev–Trinajstić information content (AvgIpc) is 2.36. The Morgan fingerprint density at radius 2 is 2.17 bits per heavy atom. The van der Waals surface area contributed by atoms with Crippen LogP contribution < -0.4 is 11.1 Å². The molecule has 0 unspecified atom stereocenters. The molecule has 4 nitrogen and oxygen atoms in total. The number of hydrogen-bond acceptors (Lipinski definition) is 3. The monoisotopic (exact) mass is 270 g/mol. The Kier molecular flexibility index (Phi) is 6.54. The van der Waals surface area contributed by atoms with Crippen molar-refractivity contribution < 1.29 is 9.53 Å². The van der Waals surface area contributed by atoms with Gasteiger partial charge in [0.05, 0.1) is 16.3 Å². The summed E-state index contributed by atoms with van der Waals surface area (Å²) >= 11 is 5.97. The third-order valence-electron chi connectivity index (χ3n) is 2.58. The molecule has 0 saturated heterocycles. The van der Waals surface area contributed by atoms with Gasteiger partial charge in [0.1, 0.15) is 0 Å². The highest BCUT2D eigenvalue weighted by Crippen LogP contribution is 2.22. The lowest BCUT2D eigenvalue weighted by molar-refractivity contribution is 0.0953. The minimum absolute atomic E-state index is 0.181. The first kappa shape index (κ1) is 14.8. The van der Waals surface area contributed by atoms with Gasteiger partial charge in [-0.25, -0.2) is 0 Å². The highest BCUT2D eigenvalue weighted by atomic mass is 35.5. The third kappa shape index (κ3) is 4.55. The number of methoxy groups -OCH3 is 1. The van der Waals surface area contributed by atoms with E-state index in [0.717, 1.165) is 25.9 Å². The van der Waals surface area contributed by atoms with E-state index in [1.54, 1.807) is 25.3 Å². The Balaban J connectivity index is 2.35. The van der Waals surface area contributed by atoms with Gasteiger partial charge in [-0.1, -0.05) is 17.7 Å². The summed E-state index contributed by atoms with van der Waals surface area (Å²) in [5.41, 5.74) is 6.49. The van der Waals surface area contributed by atoms with E-state index in [-0.39, 0.29) is 5.91 Å². The predicted octanol–water partition coefficient (Wildman–Crippen LogP) is 2.47. The number of hydrogen-bond donors (Lipinski definition) is 2. The zero-order valence-electron chi connectivity index (χ0n) is 10.5. The highest BCUT2D eigenvalue weighted by Gasteiger charge is 2.10. The van der Waals surface area contributed by atoms with Gasteiger partial charge in [-0.05, 0) is 31.4 Å². The van der Waals surface area contributed by atoms with Gasteiger partial charge in [-0.15, -0.1) is 0 Å². The van der Waals surface area contributed by atoms with Gasteiger partial charge < -0.3 is 15.8 Å². The van der Waals surface area contributed by atoms with E-state index in [9.17, 15) is 4.79 Å². The summed E-state index contributed by atoms with van der Waals surface area (Å²) in [5, 5.41) is 3.14. The van der Waals surface area contributed by atoms with E-state index in [4.69, 9.17) is 22.1 Å². The summed E-state index contributed by atoms with van der Waals surface area (Å²) in [4.78, 5) is 11.8.